The molecule has 3 atom stereocenters. The largest absolute Gasteiger partial charge is 0.497 e. The summed E-state index contributed by atoms with van der Waals surface area (Å²) < 4.78 is 12.5. The summed E-state index contributed by atoms with van der Waals surface area (Å²) in [6.07, 6.45) is 0. The molecule has 0 unspecified atom stereocenters. The van der Waals surface area contributed by atoms with Crippen molar-refractivity contribution in [2.75, 3.05) is 23.9 Å². The first-order valence-electron chi connectivity index (χ1n) is 13.9. The summed E-state index contributed by atoms with van der Waals surface area (Å²) in [4.78, 5) is 67.9. The van der Waals surface area contributed by atoms with Crippen molar-refractivity contribution in [2.24, 2.45) is 5.92 Å². The molecule has 0 bridgehead atoms. The van der Waals surface area contributed by atoms with E-state index < -0.39 is 29.0 Å². The molecule has 0 aliphatic carbocycles. The Morgan fingerprint density at radius 2 is 1.62 bits per heavy atom. The number of hydrogen-bond donors (Lipinski definition) is 1. The lowest BCUT2D eigenvalue weighted by Crippen LogP contribution is -2.33. The maximum atomic E-state index is 14.0. The Labute approximate surface area is 274 Å². The van der Waals surface area contributed by atoms with Gasteiger partial charge in [-0.05, 0) is 73.2 Å². The van der Waals surface area contributed by atoms with E-state index in [1.807, 2.05) is 12.1 Å². The minimum absolute atomic E-state index is 0.248. The summed E-state index contributed by atoms with van der Waals surface area (Å²) in [7, 11) is 1.56. The van der Waals surface area contributed by atoms with E-state index in [0.717, 1.165) is 33.1 Å². The van der Waals surface area contributed by atoms with Crippen LogP contribution in [0, 0.1) is 5.92 Å². The maximum Gasteiger partial charge on any atom is 0.338 e. The Morgan fingerprint density at radius 3 is 2.27 bits per heavy atom. The summed E-state index contributed by atoms with van der Waals surface area (Å²) in [6.45, 7) is 1.66. The SMILES string of the molecule is CCOC(=O)c1ccc(NC(=O)Cn2c3c(sc2=O)[C@@H](c2ccc(OC)cc2)[C@@H]2C(=O)N(c4ccc(Br)cc4)C(=O)[C@@H]2S3)cc1. The summed E-state index contributed by atoms with van der Waals surface area (Å²) in [5, 5.41) is 2.44. The zero-order valence-electron chi connectivity index (χ0n) is 24.0. The highest BCUT2D eigenvalue weighted by Gasteiger charge is 2.56. The molecule has 0 saturated carbocycles. The average molecular weight is 709 g/mol. The molecule has 3 amide bonds. The molecule has 13 heteroatoms. The number of imide groups is 1. The van der Waals surface area contributed by atoms with Crippen molar-refractivity contribution >= 4 is 74.1 Å². The van der Waals surface area contributed by atoms with Gasteiger partial charge in [-0.1, -0.05) is 51.2 Å². The van der Waals surface area contributed by atoms with Crippen LogP contribution in [0.25, 0.3) is 0 Å². The van der Waals surface area contributed by atoms with Gasteiger partial charge in [0, 0.05) is 21.0 Å². The Morgan fingerprint density at radius 1 is 0.933 bits per heavy atom. The van der Waals surface area contributed by atoms with Crippen LogP contribution in [0.1, 0.15) is 33.6 Å². The monoisotopic (exact) mass is 707 g/mol. The van der Waals surface area contributed by atoms with E-state index in [-0.39, 0.29) is 29.8 Å². The number of rotatable bonds is 8. The second-order valence-corrected chi connectivity index (χ2v) is 13.3. The number of thiazole rings is 1. The van der Waals surface area contributed by atoms with Crippen LogP contribution in [0.15, 0.2) is 87.1 Å². The van der Waals surface area contributed by atoms with Gasteiger partial charge < -0.3 is 14.8 Å². The number of benzene rings is 3. The molecular weight excluding hydrogens is 682 g/mol. The highest BCUT2D eigenvalue weighted by molar-refractivity contribution is 9.10. The number of carbonyl (C=O) groups is 4. The smallest absolute Gasteiger partial charge is 0.338 e. The Hall–Kier alpha value is -4.20. The lowest BCUT2D eigenvalue weighted by Gasteiger charge is -2.30. The zero-order chi connectivity index (χ0) is 31.8. The lowest BCUT2D eigenvalue weighted by atomic mass is 9.83. The number of amides is 3. The standard InChI is InChI=1S/C32H26BrN3O7S2/c1-3-43-31(40)18-4-10-20(11-5-18)34-23(37)16-35-30-27(45-32(35)41)24(17-6-14-22(42-2)15-7-17)25-26(44-30)29(39)36(28(25)38)21-12-8-19(33)9-13-21/h4-15,24-26H,3,16H2,1-2H3,(H,34,37)/t24-,25-,26+/m0/s1. The predicted molar refractivity (Wildman–Crippen MR) is 174 cm³/mol. The van der Waals surface area contributed by atoms with Crippen molar-refractivity contribution in [1.29, 1.82) is 0 Å². The number of nitrogens with one attached hydrogen (secondary N) is 1. The first-order chi connectivity index (χ1) is 21.7. The van der Waals surface area contributed by atoms with Crippen LogP contribution in [0.2, 0.25) is 0 Å². The average Bonchev–Trinajstić information content (AvgIpc) is 3.48. The summed E-state index contributed by atoms with van der Waals surface area (Å²) in [5.74, 6) is -2.37. The van der Waals surface area contributed by atoms with Crippen LogP contribution in [-0.2, 0) is 25.7 Å². The van der Waals surface area contributed by atoms with E-state index in [1.165, 1.54) is 9.47 Å². The van der Waals surface area contributed by atoms with Crippen LogP contribution in [0.3, 0.4) is 0 Å². The minimum atomic E-state index is -0.806. The first-order valence-corrected chi connectivity index (χ1v) is 16.4. The molecule has 1 N–H and O–H groups in total. The second-order valence-electron chi connectivity index (χ2n) is 10.3. The van der Waals surface area contributed by atoms with E-state index >= 15 is 0 Å². The summed E-state index contributed by atoms with van der Waals surface area (Å²) in [6, 6.07) is 20.4. The van der Waals surface area contributed by atoms with Crippen molar-refractivity contribution in [3.05, 3.63) is 103 Å². The number of carbonyl (C=O) groups excluding carboxylic acids is 4. The van der Waals surface area contributed by atoms with Gasteiger partial charge in [0.1, 0.15) is 17.5 Å². The van der Waals surface area contributed by atoms with E-state index in [9.17, 15) is 24.0 Å². The van der Waals surface area contributed by atoms with Crippen molar-refractivity contribution in [3.63, 3.8) is 0 Å². The van der Waals surface area contributed by atoms with Gasteiger partial charge in [-0.2, -0.15) is 0 Å². The number of ether oxygens (including phenoxy) is 2. The third-order valence-corrected chi connectivity index (χ3v) is 10.7. The van der Waals surface area contributed by atoms with Gasteiger partial charge in [0.2, 0.25) is 17.7 Å². The molecule has 10 nitrogen and oxygen atoms in total. The Balaban J connectivity index is 1.34. The van der Waals surface area contributed by atoms with Crippen LogP contribution >= 0.6 is 39.0 Å². The Bertz CT molecular complexity index is 1850. The highest BCUT2D eigenvalue weighted by Crippen LogP contribution is 2.54. The molecule has 4 aromatic rings. The fourth-order valence-corrected chi connectivity index (χ4v) is 8.56. The number of methoxy groups -OCH3 is 1. The number of aromatic nitrogens is 1. The zero-order valence-corrected chi connectivity index (χ0v) is 27.2. The second kappa shape index (κ2) is 12.7. The molecule has 0 radical (unpaired) electrons. The van der Waals surface area contributed by atoms with Gasteiger partial charge >= 0.3 is 10.8 Å². The van der Waals surface area contributed by atoms with E-state index in [0.29, 0.717) is 32.6 Å². The van der Waals surface area contributed by atoms with E-state index in [2.05, 4.69) is 21.2 Å². The molecule has 1 aromatic heterocycles. The Kier molecular flexibility index (Phi) is 8.67. The van der Waals surface area contributed by atoms with Crippen LogP contribution in [0.4, 0.5) is 11.4 Å². The molecule has 3 aromatic carbocycles. The van der Waals surface area contributed by atoms with Crippen molar-refractivity contribution in [3.8, 4) is 5.75 Å². The van der Waals surface area contributed by atoms with Crippen molar-refractivity contribution < 1.29 is 28.7 Å². The number of fused-ring (bicyclic) bond motifs is 2. The molecule has 1 saturated heterocycles. The fourth-order valence-electron chi connectivity index (χ4n) is 5.52. The van der Waals surface area contributed by atoms with Crippen molar-refractivity contribution in [2.45, 2.75) is 29.7 Å². The summed E-state index contributed by atoms with van der Waals surface area (Å²) in [5.41, 5.74) is 2.01. The molecule has 0 spiro atoms. The number of hydrogen-bond acceptors (Lipinski definition) is 9. The molecule has 3 heterocycles. The van der Waals surface area contributed by atoms with Gasteiger partial charge in [-0.25, -0.2) is 9.69 Å². The van der Waals surface area contributed by atoms with Crippen molar-refractivity contribution in [1.82, 2.24) is 4.57 Å². The highest BCUT2D eigenvalue weighted by atomic mass is 79.9. The molecular formula is C32H26BrN3O7S2. The predicted octanol–water partition coefficient (Wildman–Crippen LogP) is 5.29. The van der Waals surface area contributed by atoms with Gasteiger partial charge in [0.15, 0.2) is 0 Å². The third kappa shape index (κ3) is 5.83. The topological polar surface area (TPSA) is 124 Å². The maximum absolute atomic E-state index is 14.0. The molecule has 2 aliphatic heterocycles. The number of esters is 1. The molecule has 1 fully saturated rings. The van der Waals surface area contributed by atoms with Crippen LogP contribution in [0.5, 0.6) is 5.75 Å². The number of thioether (sulfide) groups is 1. The van der Waals surface area contributed by atoms with Crippen LogP contribution in [-0.4, -0.2) is 47.2 Å². The quantitative estimate of drug-likeness (QED) is 0.194. The third-order valence-electron chi connectivity index (χ3n) is 7.59. The number of anilines is 2. The molecule has 230 valence electrons. The van der Waals surface area contributed by atoms with E-state index in [4.69, 9.17) is 9.47 Å². The molecule has 6 rings (SSSR count). The van der Waals surface area contributed by atoms with Gasteiger partial charge in [0.25, 0.3) is 0 Å². The number of nitrogens with zero attached hydrogens (tertiary/aromatic N) is 2. The fraction of sp³-hybridized carbons (Fsp3) is 0.219. The number of halogens is 1. The van der Waals surface area contributed by atoms with Gasteiger partial charge in [-0.3, -0.25) is 23.7 Å². The lowest BCUT2D eigenvalue weighted by molar-refractivity contribution is -0.122. The first kappa shape index (κ1) is 30.8. The van der Waals surface area contributed by atoms with Gasteiger partial charge in [-0.15, -0.1) is 0 Å². The minimum Gasteiger partial charge on any atom is -0.497 e. The molecule has 45 heavy (non-hydrogen) atoms. The normalized spacial score (nSPS) is 18.7. The summed E-state index contributed by atoms with van der Waals surface area (Å²) >= 11 is 5.52. The van der Waals surface area contributed by atoms with E-state index in [1.54, 1.807) is 74.7 Å². The van der Waals surface area contributed by atoms with Crippen LogP contribution < -0.4 is 19.8 Å². The van der Waals surface area contributed by atoms with Gasteiger partial charge in [0.05, 0.1) is 35.9 Å². The molecule has 2 aliphatic rings.